The Morgan fingerprint density at radius 2 is 2.09 bits per heavy atom. The minimum atomic E-state index is -0.547. The molecule has 0 saturated carbocycles. The zero-order valence-electron chi connectivity index (χ0n) is 14.0. The maximum atomic E-state index is 12.5. The molecule has 4 N–H and O–H groups in total. The first-order valence-corrected chi connectivity index (χ1v) is 8.37. The Hall–Kier alpha value is -1.14. The first-order valence-electron chi connectivity index (χ1n) is 8.37. The van der Waals surface area contributed by atoms with Gasteiger partial charge in [-0.2, -0.15) is 0 Å². The average Bonchev–Trinajstić information content (AvgIpc) is 2.64. The molecule has 1 saturated heterocycles. The molecule has 1 aliphatic heterocycles. The topological polar surface area (TPSA) is 95.7 Å². The molecule has 4 atom stereocenters. The summed E-state index contributed by atoms with van der Waals surface area (Å²) >= 11 is 0. The molecule has 1 heterocycles. The molecule has 0 aromatic rings. The second kappa shape index (κ2) is 9.10. The van der Waals surface area contributed by atoms with Crippen molar-refractivity contribution in [3.63, 3.8) is 0 Å². The Morgan fingerprint density at radius 3 is 2.68 bits per heavy atom. The van der Waals surface area contributed by atoms with E-state index in [1.54, 1.807) is 11.8 Å². The number of hydrogen-bond acceptors (Lipinski definition) is 4. The van der Waals surface area contributed by atoms with Crippen LogP contribution in [-0.4, -0.2) is 53.1 Å². The standard InChI is InChI=1S/C16H31N3O3/c1-4-9-19(15(21)8-5-11(2)16(17)22)13-7-6-12(3)18-10-14(13)20/h11-14,18,20H,4-10H2,1-3H3,(H2,17,22)/t11-,12+,13-,14-/m0/s1. The van der Waals surface area contributed by atoms with Crippen molar-refractivity contribution in [1.82, 2.24) is 10.2 Å². The smallest absolute Gasteiger partial charge is 0.222 e. The van der Waals surface area contributed by atoms with Gasteiger partial charge in [0, 0.05) is 31.5 Å². The molecule has 1 fully saturated rings. The number of aliphatic hydroxyl groups is 1. The molecule has 0 unspecified atom stereocenters. The molecule has 0 bridgehead atoms. The summed E-state index contributed by atoms with van der Waals surface area (Å²) in [5.74, 6) is -0.663. The molecular formula is C16H31N3O3. The number of nitrogens with one attached hydrogen (secondary N) is 1. The van der Waals surface area contributed by atoms with E-state index in [1.807, 2.05) is 6.92 Å². The van der Waals surface area contributed by atoms with Crippen molar-refractivity contribution in [3.05, 3.63) is 0 Å². The largest absolute Gasteiger partial charge is 0.390 e. The fourth-order valence-corrected chi connectivity index (χ4v) is 2.88. The molecule has 6 nitrogen and oxygen atoms in total. The number of β-amino-alcohol motifs (C(OH)–C–C–N with tert-alkyl or cyclic N) is 1. The monoisotopic (exact) mass is 313 g/mol. The quantitative estimate of drug-likeness (QED) is 0.642. The lowest BCUT2D eigenvalue weighted by Gasteiger charge is -2.34. The van der Waals surface area contributed by atoms with Gasteiger partial charge in [-0.15, -0.1) is 0 Å². The summed E-state index contributed by atoms with van der Waals surface area (Å²) in [6.07, 6.45) is 2.80. The number of carbonyl (C=O) groups excluding carboxylic acids is 2. The Morgan fingerprint density at radius 1 is 1.41 bits per heavy atom. The van der Waals surface area contributed by atoms with E-state index in [-0.39, 0.29) is 23.8 Å². The van der Waals surface area contributed by atoms with Crippen molar-refractivity contribution in [1.29, 1.82) is 0 Å². The lowest BCUT2D eigenvalue weighted by molar-refractivity contribution is -0.136. The van der Waals surface area contributed by atoms with Crippen LogP contribution in [0.15, 0.2) is 0 Å². The second-order valence-corrected chi connectivity index (χ2v) is 6.45. The Labute approximate surface area is 133 Å². The van der Waals surface area contributed by atoms with Gasteiger partial charge in [0.25, 0.3) is 0 Å². The molecule has 1 aliphatic rings. The highest BCUT2D eigenvalue weighted by Crippen LogP contribution is 2.19. The van der Waals surface area contributed by atoms with E-state index in [0.717, 1.165) is 19.3 Å². The van der Waals surface area contributed by atoms with Gasteiger partial charge in [-0.3, -0.25) is 9.59 Å². The van der Waals surface area contributed by atoms with Crippen LogP contribution in [0.4, 0.5) is 0 Å². The molecular weight excluding hydrogens is 282 g/mol. The summed E-state index contributed by atoms with van der Waals surface area (Å²) < 4.78 is 0. The highest BCUT2D eigenvalue weighted by Gasteiger charge is 2.31. The normalized spacial score (nSPS) is 27.0. The van der Waals surface area contributed by atoms with Crippen molar-refractivity contribution < 1.29 is 14.7 Å². The van der Waals surface area contributed by atoms with Gasteiger partial charge < -0.3 is 21.1 Å². The number of amides is 2. The third-order valence-corrected chi connectivity index (χ3v) is 4.48. The molecule has 0 spiro atoms. The second-order valence-electron chi connectivity index (χ2n) is 6.45. The van der Waals surface area contributed by atoms with Crippen molar-refractivity contribution in [2.75, 3.05) is 13.1 Å². The van der Waals surface area contributed by atoms with Crippen LogP contribution in [0, 0.1) is 5.92 Å². The van der Waals surface area contributed by atoms with Crippen molar-refractivity contribution in [2.24, 2.45) is 11.7 Å². The van der Waals surface area contributed by atoms with E-state index in [4.69, 9.17) is 5.73 Å². The zero-order chi connectivity index (χ0) is 16.7. The van der Waals surface area contributed by atoms with E-state index in [9.17, 15) is 14.7 Å². The summed E-state index contributed by atoms with van der Waals surface area (Å²) in [4.78, 5) is 25.4. The third-order valence-electron chi connectivity index (χ3n) is 4.48. The highest BCUT2D eigenvalue weighted by atomic mass is 16.3. The van der Waals surface area contributed by atoms with Crippen molar-refractivity contribution in [2.45, 2.75) is 71.1 Å². The fourth-order valence-electron chi connectivity index (χ4n) is 2.88. The SMILES string of the molecule is CCCN(C(=O)CC[C@H](C)C(N)=O)[C@H]1CC[C@@H](C)NC[C@@H]1O. The van der Waals surface area contributed by atoms with E-state index in [1.165, 1.54) is 0 Å². The van der Waals surface area contributed by atoms with Crippen LogP contribution in [0.3, 0.4) is 0 Å². The van der Waals surface area contributed by atoms with E-state index >= 15 is 0 Å². The van der Waals surface area contributed by atoms with Crippen LogP contribution in [0.1, 0.15) is 52.9 Å². The Balaban J connectivity index is 2.69. The Kier molecular flexibility index (Phi) is 7.82. The number of aliphatic hydroxyl groups excluding tert-OH is 1. The number of carbonyl (C=O) groups is 2. The fraction of sp³-hybridized carbons (Fsp3) is 0.875. The maximum Gasteiger partial charge on any atom is 0.222 e. The first kappa shape index (κ1) is 18.9. The molecule has 0 aromatic carbocycles. The van der Waals surface area contributed by atoms with Gasteiger partial charge in [0.1, 0.15) is 0 Å². The van der Waals surface area contributed by atoms with Crippen LogP contribution in [-0.2, 0) is 9.59 Å². The van der Waals surface area contributed by atoms with E-state index < -0.39 is 6.10 Å². The minimum absolute atomic E-state index is 0.00792. The van der Waals surface area contributed by atoms with Gasteiger partial charge in [0.15, 0.2) is 0 Å². The summed E-state index contributed by atoms with van der Waals surface area (Å²) in [5.41, 5.74) is 5.25. The van der Waals surface area contributed by atoms with Gasteiger partial charge in [0.05, 0.1) is 12.1 Å². The predicted octanol–water partition coefficient (Wildman–Crippen LogP) is 0.628. The number of nitrogens with two attached hydrogens (primary N) is 1. The van der Waals surface area contributed by atoms with Gasteiger partial charge in [-0.05, 0) is 32.6 Å². The van der Waals surface area contributed by atoms with Crippen LogP contribution >= 0.6 is 0 Å². The van der Waals surface area contributed by atoms with Gasteiger partial charge in [-0.25, -0.2) is 0 Å². The average molecular weight is 313 g/mol. The van der Waals surface area contributed by atoms with Gasteiger partial charge in [0.2, 0.25) is 11.8 Å². The summed E-state index contributed by atoms with van der Waals surface area (Å²) in [6, 6.07) is 0.210. The van der Waals surface area contributed by atoms with Crippen LogP contribution in [0.25, 0.3) is 0 Å². The molecule has 0 aromatic heterocycles. The molecule has 128 valence electrons. The van der Waals surface area contributed by atoms with Gasteiger partial charge in [-0.1, -0.05) is 13.8 Å². The predicted molar refractivity (Wildman–Crippen MR) is 86.1 cm³/mol. The van der Waals surface area contributed by atoms with Gasteiger partial charge >= 0.3 is 0 Å². The minimum Gasteiger partial charge on any atom is -0.390 e. The summed E-state index contributed by atoms with van der Waals surface area (Å²) in [6.45, 7) is 7.01. The van der Waals surface area contributed by atoms with E-state index in [2.05, 4.69) is 12.2 Å². The number of rotatable bonds is 7. The number of hydrogen-bond donors (Lipinski definition) is 3. The number of nitrogens with zero attached hydrogens (tertiary/aromatic N) is 1. The summed E-state index contributed by atoms with van der Waals surface area (Å²) in [5, 5.41) is 13.6. The molecule has 22 heavy (non-hydrogen) atoms. The summed E-state index contributed by atoms with van der Waals surface area (Å²) in [7, 11) is 0. The van der Waals surface area contributed by atoms with Crippen LogP contribution in [0.5, 0.6) is 0 Å². The lowest BCUT2D eigenvalue weighted by Crippen LogP contribution is -2.49. The zero-order valence-corrected chi connectivity index (χ0v) is 14.0. The molecule has 0 aliphatic carbocycles. The Bertz CT molecular complexity index is 376. The van der Waals surface area contributed by atoms with Crippen molar-refractivity contribution >= 4 is 11.8 Å². The van der Waals surface area contributed by atoms with Crippen LogP contribution in [0.2, 0.25) is 0 Å². The van der Waals surface area contributed by atoms with Crippen LogP contribution < -0.4 is 11.1 Å². The maximum absolute atomic E-state index is 12.5. The molecule has 1 rings (SSSR count). The molecule has 2 amide bonds. The molecule has 6 heteroatoms. The lowest BCUT2D eigenvalue weighted by atomic mass is 10.0. The number of primary amides is 1. The molecule has 0 radical (unpaired) electrons. The van der Waals surface area contributed by atoms with Crippen molar-refractivity contribution in [3.8, 4) is 0 Å². The first-order chi connectivity index (χ1) is 10.4. The van der Waals surface area contributed by atoms with E-state index in [0.29, 0.717) is 32.0 Å². The third kappa shape index (κ3) is 5.57. The highest BCUT2D eigenvalue weighted by molar-refractivity contribution is 5.79.